The van der Waals surface area contributed by atoms with E-state index < -0.39 is 0 Å². The molecule has 2 nitrogen and oxygen atoms in total. The fourth-order valence-corrected chi connectivity index (χ4v) is 0.428. The van der Waals surface area contributed by atoms with Gasteiger partial charge in [-0.15, -0.1) is 6.42 Å². The molecule has 0 saturated carbocycles. The molecule has 0 spiro atoms. The number of aliphatic hydroxyl groups is 1. The Balaban J connectivity index is 2.21. The molecule has 2 heteroatoms. The molecule has 0 aliphatic carbocycles. The van der Waals surface area contributed by atoms with Crippen LogP contribution in [0.1, 0.15) is 0 Å². The van der Waals surface area contributed by atoms with Gasteiger partial charge in [0.15, 0.2) is 0 Å². The number of terminal acetylenes is 1. The third-order valence-electron chi connectivity index (χ3n) is 0.927. The van der Waals surface area contributed by atoms with Crippen molar-refractivity contribution >= 4 is 0 Å². The molecule has 1 saturated heterocycles. The molecule has 0 unspecified atom stereocenters. The molecule has 0 bridgehead atoms. The fourth-order valence-electron chi connectivity index (χ4n) is 0.428. The van der Waals surface area contributed by atoms with Crippen LogP contribution < -0.4 is 0 Å². The monoisotopic (exact) mass is 98.0 g/mol. The maximum absolute atomic E-state index is 8.29. The molecule has 0 radical (unpaired) electrons. The van der Waals surface area contributed by atoms with E-state index >= 15 is 0 Å². The van der Waals surface area contributed by atoms with Crippen LogP contribution in [0.15, 0.2) is 0 Å². The number of aliphatic hydroxyl groups excluding tert-OH is 1. The van der Waals surface area contributed by atoms with Crippen molar-refractivity contribution in [3.05, 3.63) is 0 Å². The summed E-state index contributed by atoms with van der Waals surface area (Å²) in [5.41, 5.74) is 0. The Labute approximate surface area is 42.1 Å². The van der Waals surface area contributed by atoms with Gasteiger partial charge in [0.2, 0.25) is 0 Å². The van der Waals surface area contributed by atoms with E-state index in [4.69, 9.17) is 16.3 Å². The van der Waals surface area contributed by atoms with E-state index in [0.29, 0.717) is 0 Å². The van der Waals surface area contributed by atoms with Crippen molar-refractivity contribution in [2.45, 2.75) is 12.2 Å². The van der Waals surface area contributed by atoms with Crippen LogP contribution in [0, 0.1) is 12.3 Å². The molecule has 0 aromatic rings. The molecule has 1 fully saturated rings. The van der Waals surface area contributed by atoms with Gasteiger partial charge in [0, 0.05) is 0 Å². The maximum Gasteiger partial charge on any atom is 0.146 e. The first-order chi connectivity index (χ1) is 3.38. The summed E-state index contributed by atoms with van der Waals surface area (Å²) in [4.78, 5) is 0. The van der Waals surface area contributed by atoms with E-state index in [1.54, 1.807) is 0 Å². The van der Waals surface area contributed by atoms with Crippen LogP contribution in [-0.4, -0.2) is 23.9 Å². The first-order valence-electron chi connectivity index (χ1n) is 2.11. The maximum atomic E-state index is 8.29. The van der Waals surface area contributed by atoms with Crippen molar-refractivity contribution < 1.29 is 9.84 Å². The minimum absolute atomic E-state index is 0.0505. The topological polar surface area (TPSA) is 32.8 Å². The quantitative estimate of drug-likeness (QED) is 0.350. The zero-order valence-corrected chi connectivity index (χ0v) is 3.79. The lowest BCUT2D eigenvalue weighted by Gasteiger charge is -1.73. The molecule has 1 N–H and O–H groups in total. The van der Waals surface area contributed by atoms with Crippen molar-refractivity contribution in [3.8, 4) is 12.3 Å². The average molecular weight is 98.1 g/mol. The SMILES string of the molecule is C#C[C@@H]1O[C@@H]1CO. The lowest BCUT2D eigenvalue weighted by Crippen LogP contribution is -1.95. The van der Waals surface area contributed by atoms with Crippen LogP contribution in [0.2, 0.25) is 0 Å². The summed E-state index contributed by atoms with van der Waals surface area (Å²) in [6.45, 7) is 0.0505. The highest BCUT2D eigenvalue weighted by Crippen LogP contribution is 2.18. The van der Waals surface area contributed by atoms with Crippen LogP contribution in [0.3, 0.4) is 0 Å². The Hall–Kier alpha value is -0.520. The van der Waals surface area contributed by atoms with Gasteiger partial charge in [-0.2, -0.15) is 0 Å². The van der Waals surface area contributed by atoms with Crippen molar-refractivity contribution in [3.63, 3.8) is 0 Å². The highest BCUT2D eigenvalue weighted by molar-refractivity contribution is 5.07. The normalized spacial score (nSPS) is 37.1. The average Bonchev–Trinajstić information content (AvgIpc) is 2.43. The van der Waals surface area contributed by atoms with Gasteiger partial charge >= 0.3 is 0 Å². The first kappa shape index (κ1) is 4.63. The van der Waals surface area contributed by atoms with Crippen molar-refractivity contribution in [2.75, 3.05) is 6.61 Å². The lowest BCUT2D eigenvalue weighted by molar-refractivity contribution is 0.243. The van der Waals surface area contributed by atoms with Gasteiger partial charge < -0.3 is 9.84 Å². The summed E-state index contributed by atoms with van der Waals surface area (Å²) >= 11 is 0. The minimum Gasteiger partial charge on any atom is -0.394 e. The summed E-state index contributed by atoms with van der Waals surface area (Å²) in [6.07, 6.45) is 4.74. The summed E-state index contributed by atoms with van der Waals surface area (Å²) in [6, 6.07) is 0. The molecule has 0 amide bonds. The predicted molar refractivity (Wildman–Crippen MR) is 24.6 cm³/mol. The smallest absolute Gasteiger partial charge is 0.146 e. The summed E-state index contributed by atoms with van der Waals surface area (Å²) < 4.78 is 4.73. The Morgan fingerprint density at radius 3 is 2.71 bits per heavy atom. The Morgan fingerprint density at radius 1 is 1.86 bits per heavy atom. The van der Waals surface area contributed by atoms with Crippen molar-refractivity contribution in [2.24, 2.45) is 0 Å². The van der Waals surface area contributed by atoms with Gasteiger partial charge in [-0.25, -0.2) is 0 Å². The molecule has 1 aliphatic rings. The standard InChI is InChI=1S/C5H6O2/c1-2-4-5(3-6)7-4/h1,4-6H,3H2/t4-,5+/m0/s1. The van der Waals surface area contributed by atoms with E-state index in [9.17, 15) is 0 Å². The Bertz CT molecular complexity index is 103. The third kappa shape index (κ3) is 0.738. The second kappa shape index (κ2) is 1.53. The van der Waals surface area contributed by atoms with Gasteiger partial charge in [0.1, 0.15) is 12.2 Å². The van der Waals surface area contributed by atoms with E-state index in [2.05, 4.69) is 5.92 Å². The number of hydrogen-bond acceptors (Lipinski definition) is 2. The van der Waals surface area contributed by atoms with Crippen LogP contribution in [0.5, 0.6) is 0 Å². The Kier molecular flexibility index (Phi) is 1.01. The van der Waals surface area contributed by atoms with E-state index in [-0.39, 0.29) is 18.8 Å². The molecular formula is C5H6O2. The van der Waals surface area contributed by atoms with Crippen LogP contribution in [0.4, 0.5) is 0 Å². The number of ether oxygens (including phenoxy) is 1. The summed E-state index contributed by atoms with van der Waals surface area (Å²) in [5, 5.41) is 8.29. The highest BCUT2D eigenvalue weighted by atomic mass is 16.6. The van der Waals surface area contributed by atoms with Gasteiger partial charge in [-0.05, 0) is 0 Å². The van der Waals surface area contributed by atoms with Crippen molar-refractivity contribution in [1.82, 2.24) is 0 Å². The minimum atomic E-state index is -0.106. The fraction of sp³-hybridized carbons (Fsp3) is 0.600. The lowest BCUT2D eigenvalue weighted by atomic mass is 10.3. The second-order valence-corrected chi connectivity index (χ2v) is 1.44. The molecular weight excluding hydrogens is 92.1 g/mol. The van der Waals surface area contributed by atoms with Gasteiger partial charge in [0.05, 0.1) is 6.61 Å². The molecule has 1 rings (SSSR count). The third-order valence-corrected chi connectivity index (χ3v) is 0.927. The molecule has 0 aromatic carbocycles. The van der Waals surface area contributed by atoms with Crippen LogP contribution >= 0.6 is 0 Å². The number of rotatable bonds is 1. The zero-order chi connectivity index (χ0) is 5.28. The number of epoxide rings is 1. The van der Waals surface area contributed by atoms with Crippen LogP contribution in [0.25, 0.3) is 0 Å². The molecule has 1 aliphatic heterocycles. The molecule has 0 aromatic heterocycles. The highest BCUT2D eigenvalue weighted by Gasteiger charge is 2.35. The van der Waals surface area contributed by atoms with E-state index in [0.717, 1.165) is 0 Å². The van der Waals surface area contributed by atoms with Crippen molar-refractivity contribution in [1.29, 1.82) is 0 Å². The molecule has 7 heavy (non-hydrogen) atoms. The summed E-state index contributed by atoms with van der Waals surface area (Å²) in [5.74, 6) is 2.36. The largest absolute Gasteiger partial charge is 0.394 e. The van der Waals surface area contributed by atoms with Gasteiger partial charge in [-0.3, -0.25) is 0 Å². The number of hydrogen-bond donors (Lipinski definition) is 1. The van der Waals surface area contributed by atoms with E-state index in [1.807, 2.05) is 0 Å². The predicted octanol–water partition coefficient (Wildman–Crippen LogP) is -0.621. The van der Waals surface area contributed by atoms with E-state index in [1.165, 1.54) is 0 Å². The second-order valence-electron chi connectivity index (χ2n) is 1.44. The van der Waals surface area contributed by atoms with Gasteiger partial charge in [-0.1, -0.05) is 5.92 Å². The van der Waals surface area contributed by atoms with Crippen LogP contribution in [-0.2, 0) is 4.74 Å². The molecule has 2 atom stereocenters. The van der Waals surface area contributed by atoms with Gasteiger partial charge in [0.25, 0.3) is 0 Å². The zero-order valence-electron chi connectivity index (χ0n) is 3.79. The Morgan fingerprint density at radius 2 is 2.57 bits per heavy atom. The molecule has 38 valence electrons. The first-order valence-corrected chi connectivity index (χ1v) is 2.11. The molecule has 1 heterocycles. The summed E-state index contributed by atoms with van der Waals surface area (Å²) in [7, 11) is 0.